The van der Waals surface area contributed by atoms with E-state index in [4.69, 9.17) is 0 Å². The lowest BCUT2D eigenvalue weighted by Crippen LogP contribution is -2.23. The Bertz CT molecular complexity index is 545. The number of allylic oxidation sites excluding steroid dienone is 2. The van der Waals surface area contributed by atoms with Crippen molar-refractivity contribution in [1.82, 2.24) is 0 Å². The van der Waals surface area contributed by atoms with Gasteiger partial charge in [0.2, 0.25) is 0 Å². The van der Waals surface area contributed by atoms with Crippen LogP contribution in [0.4, 0.5) is 5.69 Å². The zero-order valence-corrected chi connectivity index (χ0v) is 13.2. The molecule has 1 aliphatic carbocycles. The van der Waals surface area contributed by atoms with E-state index >= 15 is 0 Å². The van der Waals surface area contributed by atoms with Gasteiger partial charge in [0.25, 0.3) is 0 Å². The number of anilines is 1. The maximum absolute atomic E-state index is 11.6. The van der Waals surface area contributed by atoms with E-state index in [2.05, 4.69) is 57.9 Å². The molecule has 0 heterocycles. The van der Waals surface area contributed by atoms with Gasteiger partial charge in [0, 0.05) is 31.6 Å². The highest BCUT2D eigenvalue weighted by Gasteiger charge is 2.27. The third-order valence-electron chi connectivity index (χ3n) is 4.61. The van der Waals surface area contributed by atoms with Gasteiger partial charge in [-0.1, -0.05) is 19.1 Å². The standard InChI is InChI=1S/C18H25NO/c1-6-19(5)17-10-7-12(2)14(4)18(17)16-9-8-15(20)11-13(16)3/h7-10,13,16H,6,11H2,1-5H3. The maximum atomic E-state index is 11.6. The minimum Gasteiger partial charge on any atom is -0.375 e. The van der Waals surface area contributed by atoms with Crippen LogP contribution in [-0.2, 0) is 4.79 Å². The predicted molar refractivity (Wildman–Crippen MR) is 85.5 cm³/mol. The Labute approximate surface area is 122 Å². The fourth-order valence-electron chi connectivity index (χ4n) is 3.04. The first-order valence-electron chi connectivity index (χ1n) is 7.48. The van der Waals surface area contributed by atoms with Gasteiger partial charge in [0.15, 0.2) is 5.78 Å². The first kappa shape index (κ1) is 14.8. The van der Waals surface area contributed by atoms with Crippen LogP contribution in [0.1, 0.15) is 42.9 Å². The van der Waals surface area contributed by atoms with Crippen molar-refractivity contribution in [1.29, 1.82) is 0 Å². The molecule has 1 aromatic rings. The summed E-state index contributed by atoms with van der Waals surface area (Å²) in [5.41, 5.74) is 5.38. The monoisotopic (exact) mass is 271 g/mol. The molecule has 108 valence electrons. The second-order valence-electron chi connectivity index (χ2n) is 5.99. The Morgan fingerprint density at radius 2 is 2.00 bits per heavy atom. The van der Waals surface area contributed by atoms with E-state index < -0.39 is 0 Å². The zero-order valence-electron chi connectivity index (χ0n) is 13.2. The minimum absolute atomic E-state index is 0.254. The summed E-state index contributed by atoms with van der Waals surface area (Å²) in [7, 11) is 2.13. The molecule has 0 N–H and O–H groups in total. The van der Waals surface area contributed by atoms with Crippen molar-refractivity contribution in [3.8, 4) is 0 Å². The van der Waals surface area contributed by atoms with Gasteiger partial charge in [-0.25, -0.2) is 0 Å². The second-order valence-corrected chi connectivity index (χ2v) is 5.99. The SMILES string of the molecule is CCN(C)c1ccc(C)c(C)c1C1C=CC(=O)CC1C. The molecule has 0 aliphatic heterocycles. The topological polar surface area (TPSA) is 20.3 Å². The molecule has 0 bridgehead atoms. The van der Waals surface area contributed by atoms with Crippen LogP contribution < -0.4 is 4.90 Å². The Balaban J connectivity index is 2.56. The average Bonchev–Trinajstić information content (AvgIpc) is 2.42. The van der Waals surface area contributed by atoms with Crippen molar-refractivity contribution in [2.45, 2.75) is 40.0 Å². The summed E-state index contributed by atoms with van der Waals surface area (Å²) in [5, 5.41) is 0. The molecule has 1 aliphatic rings. The van der Waals surface area contributed by atoms with Crippen LogP contribution in [0.15, 0.2) is 24.3 Å². The van der Waals surface area contributed by atoms with Crippen molar-refractivity contribution in [3.05, 3.63) is 41.0 Å². The van der Waals surface area contributed by atoms with Crippen LogP contribution in [0.5, 0.6) is 0 Å². The number of aryl methyl sites for hydroxylation is 1. The first-order valence-corrected chi connectivity index (χ1v) is 7.48. The van der Waals surface area contributed by atoms with Crippen LogP contribution in [0.3, 0.4) is 0 Å². The lowest BCUT2D eigenvalue weighted by Gasteiger charge is -2.31. The molecule has 0 saturated heterocycles. The number of nitrogens with zero attached hydrogens (tertiary/aromatic N) is 1. The zero-order chi connectivity index (χ0) is 14.9. The van der Waals surface area contributed by atoms with E-state index in [-0.39, 0.29) is 5.78 Å². The van der Waals surface area contributed by atoms with Crippen molar-refractivity contribution in [2.75, 3.05) is 18.5 Å². The molecule has 0 fully saturated rings. The van der Waals surface area contributed by atoms with E-state index in [1.807, 2.05) is 0 Å². The van der Waals surface area contributed by atoms with Crippen LogP contribution >= 0.6 is 0 Å². The van der Waals surface area contributed by atoms with Gasteiger partial charge in [-0.15, -0.1) is 0 Å². The van der Waals surface area contributed by atoms with Gasteiger partial charge in [-0.2, -0.15) is 0 Å². The third kappa shape index (κ3) is 2.65. The lowest BCUT2D eigenvalue weighted by atomic mass is 9.77. The molecule has 2 unspecified atom stereocenters. The second kappa shape index (κ2) is 5.82. The van der Waals surface area contributed by atoms with E-state index in [1.54, 1.807) is 6.08 Å². The first-order chi connectivity index (χ1) is 9.45. The molecule has 0 spiro atoms. The van der Waals surface area contributed by atoms with Gasteiger partial charge in [0.1, 0.15) is 0 Å². The van der Waals surface area contributed by atoms with Crippen molar-refractivity contribution >= 4 is 11.5 Å². The summed E-state index contributed by atoms with van der Waals surface area (Å²) >= 11 is 0. The van der Waals surface area contributed by atoms with E-state index in [1.165, 1.54) is 22.4 Å². The summed E-state index contributed by atoms with van der Waals surface area (Å²) in [6.45, 7) is 9.71. The van der Waals surface area contributed by atoms with Crippen molar-refractivity contribution in [3.63, 3.8) is 0 Å². The van der Waals surface area contributed by atoms with Gasteiger partial charge in [-0.05, 0) is 55.5 Å². The average molecular weight is 271 g/mol. The summed E-state index contributed by atoms with van der Waals surface area (Å²) in [4.78, 5) is 13.9. The van der Waals surface area contributed by atoms with E-state index in [0.717, 1.165) is 6.54 Å². The molecule has 0 saturated carbocycles. The number of hydrogen-bond donors (Lipinski definition) is 0. The van der Waals surface area contributed by atoms with Gasteiger partial charge < -0.3 is 4.90 Å². The molecule has 2 rings (SSSR count). The molecule has 2 heteroatoms. The quantitative estimate of drug-likeness (QED) is 0.828. The Morgan fingerprint density at radius 1 is 1.30 bits per heavy atom. The van der Waals surface area contributed by atoms with Crippen molar-refractivity contribution in [2.24, 2.45) is 5.92 Å². The van der Waals surface area contributed by atoms with Crippen LogP contribution in [0, 0.1) is 19.8 Å². The maximum Gasteiger partial charge on any atom is 0.155 e. The Kier molecular flexibility index (Phi) is 4.32. The Hall–Kier alpha value is -1.57. The van der Waals surface area contributed by atoms with Gasteiger partial charge in [-0.3, -0.25) is 4.79 Å². The molecule has 0 amide bonds. The normalized spacial score (nSPS) is 22.1. The largest absolute Gasteiger partial charge is 0.375 e. The van der Waals surface area contributed by atoms with E-state index in [9.17, 15) is 4.79 Å². The third-order valence-corrected chi connectivity index (χ3v) is 4.61. The van der Waals surface area contributed by atoms with Crippen molar-refractivity contribution < 1.29 is 4.79 Å². The summed E-state index contributed by atoms with van der Waals surface area (Å²) in [5.74, 6) is 0.970. The highest BCUT2D eigenvalue weighted by molar-refractivity contribution is 5.91. The molecule has 20 heavy (non-hydrogen) atoms. The van der Waals surface area contributed by atoms with Crippen LogP contribution in [0.25, 0.3) is 0 Å². The molecule has 0 radical (unpaired) electrons. The van der Waals surface area contributed by atoms with Crippen LogP contribution in [0.2, 0.25) is 0 Å². The summed E-state index contributed by atoms with van der Waals surface area (Å²) in [6, 6.07) is 4.42. The fraction of sp³-hybridized carbons (Fsp3) is 0.500. The number of carbonyl (C=O) groups is 1. The minimum atomic E-state index is 0.254. The molecule has 2 nitrogen and oxygen atoms in total. The number of benzene rings is 1. The van der Waals surface area contributed by atoms with Crippen LogP contribution in [-0.4, -0.2) is 19.4 Å². The number of ketones is 1. The highest BCUT2D eigenvalue weighted by atomic mass is 16.1. The highest BCUT2D eigenvalue weighted by Crippen LogP contribution is 2.40. The lowest BCUT2D eigenvalue weighted by molar-refractivity contribution is -0.115. The van der Waals surface area contributed by atoms with Gasteiger partial charge in [0.05, 0.1) is 0 Å². The number of rotatable bonds is 3. The molecular formula is C18H25NO. The molecule has 2 atom stereocenters. The number of carbonyl (C=O) groups excluding carboxylic acids is 1. The predicted octanol–water partition coefficient (Wildman–Crippen LogP) is 4.01. The molecular weight excluding hydrogens is 246 g/mol. The van der Waals surface area contributed by atoms with E-state index in [0.29, 0.717) is 18.3 Å². The van der Waals surface area contributed by atoms with Gasteiger partial charge >= 0.3 is 0 Å². The molecule has 1 aromatic carbocycles. The number of hydrogen-bond acceptors (Lipinski definition) is 2. The summed E-state index contributed by atoms with van der Waals surface area (Å²) < 4.78 is 0. The fourth-order valence-corrected chi connectivity index (χ4v) is 3.04. The summed E-state index contributed by atoms with van der Waals surface area (Å²) in [6.07, 6.45) is 4.53. The molecule has 0 aromatic heterocycles. The Morgan fingerprint density at radius 3 is 2.60 bits per heavy atom. The smallest absolute Gasteiger partial charge is 0.155 e.